The zero-order valence-electron chi connectivity index (χ0n) is 11.6. The van der Waals surface area contributed by atoms with Crippen molar-refractivity contribution in [2.45, 2.75) is 58.3 Å². The zero-order valence-corrected chi connectivity index (χ0v) is 11.6. The van der Waals surface area contributed by atoms with Crippen LogP contribution in [0, 0.1) is 0 Å². The standard InChI is InChI=1S/C13H23N5O/c1-2-3-4-5-6-7-8-9-10(19)11-16-12(14)18-13(15)17-11/h2-9H2,1H3,(H4,14,15,16,17,18). The van der Waals surface area contributed by atoms with Crippen molar-refractivity contribution in [3.05, 3.63) is 5.82 Å². The van der Waals surface area contributed by atoms with Crippen molar-refractivity contribution < 1.29 is 4.79 Å². The summed E-state index contributed by atoms with van der Waals surface area (Å²) >= 11 is 0. The summed E-state index contributed by atoms with van der Waals surface area (Å²) in [5.41, 5.74) is 10.9. The molecule has 6 nitrogen and oxygen atoms in total. The van der Waals surface area contributed by atoms with Crippen LogP contribution in [0.3, 0.4) is 0 Å². The van der Waals surface area contributed by atoms with Crippen LogP contribution in [0.4, 0.5) is 11.9 Å². The summed E-state index contributed by atoms with van der Waals surface area (Å²) in [4.78, 5) is 23.1. The molecule has 0 aliphatic heterocycles. The lowest BCUT2D eigenvalue weighted by molar-refractivity contribution is 0.0969. The molecule has 0 atom stereocenters. The maximum absolute atomic E-state index is 11.8. The van der Waals surface area contributed by atoms with Gasteiger partial charge in [-0.05, 0) is 6.42 Å². The largest absolute Gasteiger partial charge is 0.368 e. The molecule has 106 valence electrons. The Morgan fingerprint density at radius 2 is 1.42 bits per heavy atom. The summed E-state index contributed by atoms with van der Waals surface area (Å²) < 4.78 is 0. The molecule has 1 heterocycles. The molecule has 0 saturated heterocycles. The number of unbranched alkanes of at least 4 members (excludes halogenated alkanes) is 6. The van der Waals surface area contributed by atoms with E-state index in [1.807, 2.05) is 0 Å². The van der Waals surface area contributed by atoms with Gasteiger partial charge in [0.25, 0.3) is 0 Å². The quantitative estimate of drug-likeness (QED) is 0.524. The highest BCUT2D eigenvalue weighted by Crippen LogP contribution is 2.10. The minimum Gasteiger partial charge on any atom is -0.368 e. The van der Waals surface area contributed by atoms with E-state index in [4.69, 9.17) is 11.5 Å². The van der Waals surface area contributed by atoms with E-state index < -0.39 is 0 Å². The minimum absolute atomic E-state index is 0.00424. The average Bonchev–Trinajstić information content (AvgIpc) is 2.36. The van der Waals surface area contributed by atoms with Crippen LogP contribution in [0.15, 0.2) is 0 Å². The van der Waals surface area contributed by atoms with Crippen molar-refractivity contribution in [3.63, 3.8) is 0 Å². The van der Waals surface area contributed by atoms with Crippen LogP contribution in [-0.4, -0.2) is 20.7 Å². The van der Waals surface area contributed by atoms with Gasteiger partial charge in [0.1, 0.15) is 0 Å². The number of Topliss-reactive ketones (excluding diaryl/α,β-unsaturated/α-hetero) is 1. The van der Waals surface area contributed by atoms with E-state index in [1.165, 1.54) is 32.1 Å². The van der Waals surface area contributed by atoms with Gasteiger partial charge in [-0.2, -0.15) is 15.0 Å². The first-order valence-electron chi connectivity index (χ1n) is 6.93. The van der Waals surface area contributed by atoms with E-state index in [0.717, 1.165) is 12.8 Å². The van der Waals surface area contributed by atoms with Crippen LogP contribution in [0.25, 0.3) is 0 Å². The number of carbonyl (C=O) groups excluding carboxylic acids is 1. The van der Waals surface area contributed by atoms with Gasteiger partial charge in [-0.1, -0.05) is 45.4 Å². The molecule has 4 N–H and O–H groups in total. The van der Waals surface area contributed by atoms with E-state index in [0.29, 0.717) is 6.42 Å². The second kappa shape index (κ2) is 8.39. The van der Waals surface area contributed by atoms with Gasteiger partial charge >= 0.3 is 0 Å². The highest BCUT2D eigenvalue weighted by atomic mass is 16.1. The van der Waals surface area contributed by atoms with Crippen molar-refractivity contribution in [2.75, 3.05) is 11.5 Å². The third-order valence-corrected chi connectivity index (χ3v) is 2.93. The Hall–Kier alpha value is -1.72. The van der Waals surface area contributed by atoms with Crippen molar-refractivity contribution in [2.24, 2.45) is 0 Å². The lowest BCUT2D eigenvalue weighted by Crippen LogP contribution is -2.11. The molecule has 0 unspecified atom stereocenters. The Balaban J connectivity index is 2.24. The number of nitrogen functional groups attached to an aromatic ring is 2. The molecule has 1 rings (SSSR count). The minimum atomic E-state index is -0.116. The molecule has 0 amide bonds. The number of anilines is 2. The van der Waals surface area contributed by atoms with Crippen LogP contribution in [0.1, 0.15) is 68.9 Å². The van der Waals surface area contributed by atoms with Gasteiger partial charge in [0, 0.05) is 6.42 Å². The molecule has 6 heteroatoms. The monoisotopic (exact) mass is 265 g/mol. The SMILES string of the molecule is CCCCCCCCCC(=O)c1nc(N)nc(N)n1. The molecule has 19 heavy (non-hydrogen) atoms. The number of aromatic nitrogens is 3. The van der Waals surface area contributed by atoms with Crippen molar-refractivity contribution in [3.8, 4) is 0 Å². The molecule has 1 aromatic heterocycles. The zero-order chi connectivity index (χ0) is 14.1. The highest BCUT2D eigenvalue weighted by molar-refractivity contribution is 5.92. The molecule has 0 aromatic carbocycles. The van der Waals surface area contributed by atoms with E-state index in [9.17, 15) is 4.79 Å². The van der Waals surface area contributed by atoms with Crippen LogP contribution < -0.4 is 11.5 Å². The predicted octanol–water partition coefficient (Wildman–Crippen LogP) is 2.36. The molecular weight excluding hydrogens is 242 g/mol. The van der Waals surface area contributed by atoms with E-state index in [2.05, 4.69) is 21.9 Å². The van der Waals surface area contributed by atoms with Gasteiger partial charge in [0.15, 0.2) is 5.78 Å². The summed E-state index contributed by atoms with van der Waals surface area (Å²) in [6, 6.07) is 0. The maximum atomic E-state index is 11.8. The number of ketones is 1. The topological polar surface area (TPSA) is 108 Å². The van der Waals surface area contributed by atoms with Crippen LogP contribution in [0.2, 0.25) is 0 Å². The number of nitrogens with two attached hydrogens (primary N) is 2. The van der Waals surface area contributed by atoms with Crippen molar-refractivity contribution >= 4 is 17.7 Å². The van der Waals surface area contributed by atoms with E-state index in [1.54, 1.807) is 0 Å². The summed E-state index contributed by atoms with van der Waals surface area (Å²) in [7, 11) is 0. The van der Waals surface area contributed by atoms with Gasteiger partial charge < -0.3 is 11.5 Å². The molecule has 1 aromatic rings. The lowest BCUT2D eigenvalue weighted by atomic mass is 10.1. The van der Waals surface area contributed by atoms with Crippen LogP contribution in [-0.2, 0) is 0 Å². The molecular formula is C13H23N5O. The Bertz CT molecular complexity index is 388. The highest BCUT2D eigenvalue weighted by Gasteiger charge is 2.11. The average molecular weight is 265 g/mol. The van der Waals surface area contributed by atoms with Gasteiger partial charge in [-0.25, -0.2) is 0 Å². The Morgan fingerprint density at radius 1 is 0.895 bits per heavy atom. The van der Waals surface area contributed by atoms with Gasteiger partial charge in [0.05, 0.1) is 0 Å². The normalized spacial score (nSPS) is 10.6. The number of hydrogen-bond donors (Lipinski definition) is 2. The van der Waals surface area contributed by atoms with E-state index in [-0.39, 0.29) is 23.5 Å². The summed E-state index contributed by atoms with van der Waals surface area (Å²) in [5, 5.41) is 0. The fraction of sp³-hybridized carbons (Fsp3) is 0.692. The maximum Gasteiger partial charge on any atom is 0.225 e. The Morgan fingerprint density at radius 3 is 2.00 bits per heavy atom. The third kappa shape index (κ3) is 6.13. The first kappa shape index (κ1) is 15.3. The number of rotatable bonds is 9. The van der Waals surface area contributed by atoms with Crippen molar-refractivity contribution in [1.82, 2.24) is 15.0 Å². The molecule has 0 bridgehead atoms. The predicted molar refractivity (Wildman–Crippen MR) is 75.6 cm³/mol. The van der Waals surface area contributed by atoms with Crippen LogP contribution >= 0.6 is 0 Å². The summed E-state index contributed by atoms with van der Waals surface area (Å²) in [6.45, 7) is 2.20. The summed E-state index contributed by atoms with van der Waals surface area (Å²) in [5.74, 6) is -0.0452. The molecule has 0 fully saturated rings. The molecule has 0 aliphatic carbocycles. The second-order valence-corrected chi connectivity index (χ2v) is 4.67. The van der Waals surface area contributed by atoms with E-state index >= 15 is 0 Å². The Kier molecular flexibility index (Phi) is 6.78. The first-order valence-corrected chi connectivity index (χ1v) is 6.93. The van der Waals surface area contributed by atoms with Gasteiger partial charge in [-0.15, -0.1) is 0 Å². The lowest BCUT2D eigenvalue weighted by Gasteiger charge is -2.02. The summed E-state index contributed by atoms with van der Waals surface area (Å²) in [6.07, 6.45) is 8.61. The smallest absolute Gasteiger partial charge is 0.225 e. The first-order chi connectivity index (χ1) is 9.13. The molecule has 0 radical (unpaired) electrons. The van der Waals surface area contributed by atoms with Gasteiger partial charge in [-0.3, -0.25) is 4.79 Å². The van der Waals surface area contributed by atoms with Crippen LogP contribution in [0.5, 0.6) is 0 Å². The number of hydrogen-bond acceptors (Lipinski definition) is 6. The number of carbonyl (C=O) groups is 1. The molecule has 0 saturated carbocycles. The second-order valence-electron chi connectivity index (χ2n) is 4.67. The fourth-order valence-corrected chi connectivity index (χ4v) is 1.89. The fourth-order valence-electron chi connectivity index (χ4n) is 1.89. The van der Waals surface area contributed by atoms with Gasteiger partial charge in [0.2, 0.25) is 17.7 Å². The number of nitrogens with zero attached hydrogens (tertiary/aromatic N) is 3. The Labute approximate surface area is 114 Å². The third-order valence-electron chi connectivity index (χ3n) is 2.93. The molecule has 0 aliphatic rings. The molecule has 0 spiro atoms. The van der Waals surface area contributed by atoms with Crippen molar-refractivity contribution in [1.29, 1.82) is 0 Å².